The Morgan fingerprint density at radius 2 is 1.58 bits per heavy atom. The van der Waals surface area contributed by atoms with E-state index in [1.807, 2.05) is 37.3 Å². The second kappa shape index (κ2) is 12.2. The van der Waals surface area contributed by atoms with E-state index in [1.54, 1.807) is 41.3 Å². The predicted octanol–water partition coefficient (Wildman–Crippen LogP) is 4.85. The minimum Gasteiger partial charge on any atom is -0.356 e. The van der Waals surface area contributed by atoms with Gasteiger partial charge in [0.1, 0.15) is 0 Å². The van der Waals surface area contributed by atoms with E-state index in [9.17, 15) is 14.4 Å². The van der Waals surface area contributed by atoms with Crippen molar-refractivity contribution in [2.24, 2.45) is 5.92 Å². The van der Waals surface area contributed by atoms with Crippen LogP contribution in [0.5, 0.6) is 0 Å². The van der Waals surface area contributed by atoms with Crippen LogP contribution in [-0.4, -0.2) is 42.3 Å². The summed E-state index contributed by atoms with van der Waals surface area (Å²) in [6, 6.07) is 24.5. The lowest BCUT2D eigenvalue weighted by atomic mass is 9.96. The van der Waals surface area contributed by atoms with Crippen molar-refractivity contribution in [1.29, 1.82) is 0 Å². The van der Waals surface area contributed by atoms with Crippen LogP contribution in [0.2, 0.25) is 0 Å². The summed E-state index contributed by atoms with van der Waals surface area (Å²) in [5.74, 6) is -0.446. The lowest BCUT2D eigenvalue weighted by molar-refractivity contribution is -0.126. The molecule has 6 heteroatoms. The second-order valence-corrected chi connectivity index (χ2v) is 9.37. The monoisotopic (exact) mass is 483 g/mol. The molecule has 1 saturated heterocycles. The number of carbonyl (C=O) groups is 3. The van der Waals surface area contributed by atoms with Crippen LogP contribution in [0.3, 0.4) is 0 Å². The Bertz CT molecular complexity index is 1170. The molecule has 1 aliphatic heterocycles. The van der Waals surface area contributed by atoms with Crippen LogP contribution in [0.25, 0.3) is 0 Å². The summed E-state index contributed by atoms with van der Waals surface area (Å²) in [6.45, 7) is 3.67. The fourth-order valence-corrected chi connectivity index (χ4v) is 4.46. The number of amides is 3. The minimum absolute atomic E-state index is 0.0229. The van der Waals surface area contributed by atoms with Gasteiger partial charge in [-0.15, -0.1) is 0 Å². The first-order chi connectivity index (χ1) is 17.5. The van der Waals surface area contributed by atoms with Gasteiger partial charge in [-0.3, -0.25) is 14.4 Å². The highest BCUT2D eigenvalue weighted by Crippen LogP contribution is 2.20. The zero-order valence-corrected chi connectivity index (χ0v) is 20.7. The normalized spacial score (nSPS) is 15.2. The van der Waals surface area contributed by atoms with Crippen LogP contribution < -0.4 is 10.6 Å². The largest absolute Gasteiger partial charge is 0.356 e. The maximum absolute atomic E-state index is 13.1. The summed E-state index contributed by atoms with van der Waals surface area (Å²) >= 11 is 0. The number of nitrogens with zero attached hydrogens (tertiary/aromatic N) is 1. The Hall–Kier alpha value is -3.93. The van der Waals surface area contributed by atoms with E-state index >= 15 is 0 Å². The third kappa shape index (κ3) is 6.81. The van der Waals surface area contributed by atoms with E-state index in [1.165, 1.54) is 5.56 Å². The molecule has 36 heavy (non-hydrogen) atoms. The Labute approximate surface area is 212 Å². The number of benzene rings is 3. The number of hydrogen-bond donors (Lipinski definition) is 2. The fourth-order valence-electron chi connectivity index (χ4n) is 4.46. The molecular formula is C30H33N3O3. The van der Waals surface area contributed by atoms with Gasteiger partial charge in [0.25, 0.3) is 11.8 Å². The summed E-state index contributed by atoms with van der Waals surface area (Å²) in [5.41, 5.74) is 4.12. The number of hydrogen-bond acceptors (Lipinski definition) is 3. The van der Waals surface area contributed by atoms with Crippen LogP contribution >= 0.6 is 0 Å². The SMILES string of the molecule is Cc1ccc(C(=O)Nc2ccc(C(=O)N3CCC[C@H](C(=O)NCCCc4ccccc4)C3)cc2)cc1. The molecule has 1 fully saturated rings. The van der Waals surface area contributed by atoms with Gasteiger partial charge < -0.3 is 15.5 Å². The van der Waals surface area contributed by atoms with Gasteiger partial charge in [-0.1, -0.05) is 48.0 Å². The third-order valence-corrected chi connectivity index (χ3v) is 6.57. The number of aryl methyl sites for hydroxylation is 2. The number of rotatable bonds is 8. The van der Waals surface area contributed by atoms with Crippen molar-refractivity contribution >= 4 is 23.4 Å². The zero-order chi connectivity index (χ0) is 25.3. The van der Waals surface area contributed by atoms with E-state index in [0.29, 0.717) is 36.4 Å². The molecule has 0 saturated carbocycles. The van der Waals surface area contributed by atoms with Crippen molar-refractivity contribution in [3.05, 3.63) is 101 Å². The molecule has 3 aromatic rings. The molecule has 3 amide bonds. The van der Waals surface area contributed by atoms with E-state index in [4.69, 9.17) is 0 Å². The van der Waals surface area contributed by atoms with Crippen LogP contribution in [0.15, 0.2) is 78.9 Å². The van der Waals surface area contributed by atoms with Gasteiger partial charge in [0.15, 0.2) is 0 Å². The second-order valence-electron chi connectivity index (χ2n) is 9.37. The highest BCUT2D eigenvalue weighted by Gasteiger charge is 2.28. The zero-order valence-electron chi connectivity index (χ0n) is 20.7. The van der Waals surface area contributed by atoms with Gasteiger partial charge in [0, 0.05) is 36.4 Å². The highest BCUT2D eigenvalue weighted by molar-refractivity contribution is 6.04. The van der Waals surface area contributed by atoms with E-state index < -0.39 is 0 Å². The molecule has 186 valence electrons. The van der Waals surface area contributed by atoms with Crippen molar-refractivity contribution in [2.45, 2.75) is 32.6 Å². The van der Waals surface area contributed by atoms with Crippen molar-refractivity contribution in [2.75, 3.05) is 25.0 Å². The maximum atomic E-state index is 13.1. The summed E-state index contributed by atoms with van der Waals surface area (Å²) in [4.78, 5) is 40.0. The lowest BCUT2D eigenvalue weighted by Gasteiger charge is -2.32. The molecule has 2 N–H and O–H groups in total. The quantitative estimate of drug-likeness (QED) is 0.450. The molecule has 0 radical (unpaired) electrons. The molecule has 6 nitrogen and oxygen atoms in total. The standard InChI is InChI=1S/C30H33N3O3/c1-22-11-13-24(14-12-22)29(35)32-27-17-15-25(16-18-27)30(36)33-20-6-10-26(21-33)28(34)31-19-5-9-23-7-3-2-4-8-23/h2-4,7-8,11-18,26H,5-6,9-10,19-21H2,1H3,(H,31,34)(H,32,35)/t26-/m0/s1. The van der Waals surface area contributed by atoms with E-state index in [-0.39, 0.29) is 23.6 Å². The van der Waals surface area contributed by atoms with Gasteiger partial charge in [-0.25, -0.2) is 0 Å². The number of carbonyl (C=O) groups excluding carboxylic acids is 3. The van der Waals surface area contributed by atoms with Crippen molar-refractivity contribution < 1.29 is 14.4 Å². The molecule has 4 rings (SSSR count). The molecular weight excluding hydrogens is 450 g/mol. The molecule has 0 bridgehead atoms. The van der Waals surface area contributed by atoms with Gasteiger partial charge in [0.05, 0.1) is 5.92 Å². The molecule has 0 spiro atoms. The minimum atomic E-state index is -0.192. The predicted molar refractivity (Wildman–Crippen MR) is 142 cm³/mol. The van der Waals surface area contributed by atoms with Crippen LogP contribution in [0, 0.1) is 12.8 Å². The number of nitrogens with one attached hydrogen (secondary N) is 2. The average Bonchev–Trinajstić information content (AvgIpc) is 2.92. The fraction of sp³-hybridized carbons (Fsp3) is 0.300. The molecule has 0 aromatic heterocycles. The topological polar surface area (TPSA) is 78.5 Å². The third-order valence-electron chi connectivity index (χ3n) is 6.57. The molecule has 0 aliphatic carbocycles. The van der Waals surface area contributed by atoms with Gasteiger partial charge in [-0.2, -0.15) is 0 Å². The van der Waals surface area contributed by atoms with Crippen LogP contribution in [0.1, 0.15) is 51.1 Å². The van der Waals surface area contributed by atoms with Gasteiger partial charge in [0.2, 0.25) is 5.91 Å². The lowest BCUT2D eigenvalue weighted by Crippen LogP contribution is -2.45. The molecule has 0 unspecified atom stereocenters. The van der Waals surface area contributed by atoms with Crippen molar-refractivity contribution in [3.8, 4) is 0 Å². The first-order valence-electron chi connectivity index (χ1n) is 12.6. The molecule has 1 aliphatic rings. The van der Waals surface area contributed by atoms with E-state index in [0.717, 1.165) is 31.2 Å². The van der Waals surface area contributed by atoms with Crippen molar-refractivity contribution in [1.82, 2.24) is 10.2 Å². The average molecular weight is 484 g/mol. The number of likely N-dealkylation sites (tertiary alicyclic amines) is 1. The van der Waals surface area contributed by atoms with Crippen LogP contribution in [-0.2, 0) is 11.2 Å². The van der Waals surface area contributed by atoms with E-state index in [2.05, 4.69) is 22.8 Å². The maximum Gasteiger partial charge on any atom is 0.255 e. The Kier molecular flexibility index (Phi) is 8.50. The summed E-state index contributed by atoms with van der Waals surface area (Å²) in [6.07, 6.45) is 3.41. The first-order valence-corrected chi connectivity index (χ1v) is 12.6. The molecule has 3 aromatic carbocycles. The van der Waals surface area contributed by atoms with Crippen molar-refractivity contribution in [3.63, 3.8) is 0 Å². The Morgan fingerprint density at radius 1 is 0.889 bits per heavy atom. The molecule has 1 heterocycles. The number of anilines is 1. The Morgan fingerprint density at radius 3 is 2.31 bits per heavy atom. The Balaban J connectivity index is 1.26. The van der Waals surface area contributed by atoms with Crippen LogP contribution in [0.4, 0.5) is 5.69 Å². The smallest absolute Gasteiger partial charge is 0.255 e. The highest BCUT2D eigenvalue weighted by atomic mass is 16.2. The first kappa shape index (κ1) is 25.2. The van der Waals surface area contributed by atoms with Gasteiger partial charge in [-0.05, 0) is 74.6 Å². The summed E-state index contributed by atoms with van der Waals surface area (Å²) in [5, 5.41) is 5.91. The summed E-state index contributed by atoms with van der Waals surface area (Å²) in [7, 11) is 0. The molecule has 1 atom stereocenters. The number of piperidine rings is 1. The summed E-state index contributed by atoms with van der Waals surface area (Å²) < 4.78 is 0. The van der Waals surface area contributed by atoms with Gasteiger partial charge >= 0.3 is 0 Å².